The summed E-state index contributed by atoms with van der Waals surface area (Å²) in [5.74, 6) is 0. The van der Waals surface area contributed by atoms with Gasteiger partial charge in [0.15, 0.2) is 0 Å². The topological polar surface area (TPSA) is 50.8 Å². The molecule has 2 aliphatic rings. The van der Waals surface area contributed by atoms with E-state index in [4.69, 9.17) is 9.47 Å². The molecule has 2 fully saturated rings. The molecule has 0 aliphatic carbocycles. The fourth-order valence-electron chi connectivity index (χ4n) is 3.85. The SMILES string of the molecule is CC1CN(C(=O)NCc2cc3ccccc3s2)CC2(CCOC2C)O1. The van der Waals surface area contributed by atoms with Crippen LogP contribution < -0.4 is 5.32 Å². The highest BCUT2D eigenvalue weighted by Crippen LogP contribution is 2.35. The van der Waals surface area contributed by atoms with E-state index in [1.165, 1.54) is 15.0 Å². The van der Waals surface area contributed by atoms with E-state index in [0.717, 1.165) is 6.42 Å². The Morgan fingerprint density at radius 3 is 3.00 bits per heavy atom. The summed E-state index contributed by atoms with van der Waals surface area (Å²) >= 11 is 1.73. The van der Waals surface area contributed by atoms with Crippen LogP contribution in [0.5, 0.6) is 0 Å². The Balaban J connectivity index is 1.41. The number of carbonyl (C=O) groups excluding carboxylic acids is 1. The number of urea groups is 1. The number of hydrogen-bond donors (Lipinski definition) is 1. The normalized spacial score (nSPS) is 29.4. The Morgan fingerprint density at radius 2 is 2.24 bits per heavy atom. The van der Waals surface area contributed by atoms with Gasteiger partial charge >= 0.3 is 6.03 Å². The third-order valence-electron chi connectivity index (χ3n) is 5.18. The molecule has 0 saturated carbocycles. The highest BCUT2D eigenvalue weighted by atomic mass is 32.1. The van der Waals surface area contributed by atoms with Crippen molar-refractivity contribution in [3.8, 4) is 0 Å². The molecule has 4 rings (SSSR count). The van der Waals surface area contributed by atoms with Gasteiger partial charge < -0.3 is 19.7 Å². The van der Waals surface area contributed by atoms with Crippen LogP contribution in [0.4, 0.5) is 4.79 Å². The predicted molar refractivity (Wildman–Crippen MR) is 98.9 cm³/mol. The van der Waals surface area contributed by atoms with E-state index in [1.54, 1.807) is 11.3 Å². The fourth-order valence-corrected chi connectivity index (χ4v) is 4.86. The first-order valence-corrected chi connectivity index (χ1v) is 9.67. The molecule has 3 unspecified atom stereocenters. The van der Waals surface area contributed by atoms with E-state index in [-0.39, 0.29) is 23.8 Å². The van der Waals surface area contributed by atoms with Gasteiger partial charge in [-0.3, -0.25) is 0 Å². The summed E-state index contributed by atoms with van der Waals surface area (Å²) in [5, 5.41) is 4.30. The number of morpholine rings is 1. The van der Waals surface area contributed by atoms with Crippen molar-refractivity contribution in [2.75, 3.05) is 19.7 Å². The summed E-state index contributed by atoms with van der Waals surface area (Å²) in [7, 11) is 0. The van der Waals surface area contributed by atoms with Crippen LogP contribution in [-0.4, -0.2) is 48.4 Å². The minimum atomic E-state index is -0.355. The van der Waals surface area contributed by atoms with Gasteiger partial charge in [-0.2, -0.15) is 0 Å². The van der Waals surface area contributed by atoms with Crippen LogP contribution in [0, 0.1) is 0 Å². The number of rotatable bonds is 2. The minimum Gasteiger partial charge on any atom is -0.375 e. The van der Waals surface area contributed by atoms with E-state index >= 15 is 0 Å². The average Bonchev–Trinajstić information content (AvgIpc) is 3.16. The Labute approximate surface area is 151 Å². The van der Waals surface area contributed by atoms with Gasteiger partial charge in [-0.25, -0.2) is 4.79 Å². The number of carbonyl (C=O) groups is 1. The third-order valence-corrected chi connectivity index (χ3v) is 6.30. The number of benzene rings is 1. The van der Waals surface area contributed by atoms with Gasteiger partial charge in [-0.15, -0.1) is 11.3 Å². The molecule has 3 heterocycles. The molecule has 1 spiro atoms. The number of amides is 2. The Kier molecular flexibility index (Phi) is 4.43. The molecule has 2 aromatic rings. The maximum atomic E-state index is 12.7. The molecule has 0 radical (unpaired) electrons. The summed E-state index contributed by atoms with van der Waals surface area (Å²) in [5.41, 5.74) is -0.355. The number of fused-ring (bicyclic) bond motifs is 1. The Morgan fingerprint density at radius 1 is 1.40 bits per heavy atom. The molecular weight excluding hydrogens is 336 g/mol. The second-order valence-corrected chi connectivity index (χ2v) is 8.21. The van der Waals surface area contributed by atoms with Crippen molar-refractivity contribution in [2.24, 2.45) is 0 Å². The van der Waals surface area contributed by atoms with Crippen LogP contribution in [0.1, 0.15) is 25.1 Å². The zero-order chi connectivity index (χ0) is 17.4. The monoisotopic (exact) mass is 360 g/mol. The lowest BCUT2D eigenvalue weighted by Crippen LogP contribution is -2.60. The maximum Gasteiger partial charge on any atom is 0.317 e. The first-order valence-electron chi connectivity index (χ1n) is 8.85. The quantitative estimate of drug-likeness (QED) is 0.893. The molecule has 1 aromatic carbocycles. The van der Waals surface area contributed by atoms with Gasteiger partial charge in [-0.05, 0) is 31.4 Å². The minimum absolute atomic E-state index is 0.0213. The zero-order valence-electron chi connectivity index (χ0n) is 14.7. The molecule has 1 N–H and O–H groups in total. The lowest BCUT2D eigenvalue weighted by molar-refractivity contribution is -0.159. The number of hydrogen-bond acceptors (Lipinski definition) is 4. The smallest absolute Gasteiger partial charge is 0.317 e. The molecule has 134 valence electrons. The molecule has 0 bridgehead atoms. The largest absolute Gasteiger partial charge is 0.375 e. The van der Waals surface area contributed by atoms with Crippen molar-refractivity contribution in [3.63, 3.8) is 0 Å². The van der Waals surface area contributed by atoms with E-state index in [2.05, 4.69) is 23.5 Å². The van der Waals surface area contributed by atoms with Gasteiger partial charge in [0.25, 0.3) is 0 Å². The third kappa shape index (κ3) is 3.26. The maximum absolute atomic E-state index is 12.7. The van der Waals surface area contributed by atoms with Gasteiger partial charge in [0.2, 0.25) is 0 Å². The molecule has 1 aromatic heterocycles. The average molecular weight is 360 g/mol. The first-order chi connectivity index (χ1) is 12.1. The van der Waals surface area contributed by atoms with Crippen molar-refractivity contribution in [1.82, 2.24) is 10.2 Å². The second kappa shape index (κ2) is 6.59. The lowest BCUT2D eigenvalue weighted by atomic mass is 9.93. The van der Waals surface area contributed by atoms with Crippen molar-refractivity contribution < 1.29 is 14.3 Å². The molecule has 2 amide bonds. The van der Waals surface area contributed by atoms with Crippen LogP contribution in [-0.2, 0) is 16.0 Å². The number of thiophene rings is 1. The van der Waals surface area contributed by atoms with E-state index in [1.807, 2.05) is 30.9 Å². The highest BCUT2D eigenvalue weighted by Gasteiger charge is 2.48. The highest BCUT2D eigenvalue weighted by molar-refractivity contribution is 7.19. The fraction of sp³-hybridized carbons (Fsp3) is 0.526. The number of nitrogens with one attached hydrogen (secondary N) is 1. The molecule has 5 nitrogen and oxygen atoms in total. The van der Waals surface area contributed by atoms with Gasteiger partial charge in [0.1, 0.15) is 5.60 Å². The van der Waals surface area contributed by atoms with Gasteiger partial charge in [0, 0.05) is 29.1 Å². The Hall–Kier alpha value is -1.63. The van der Waals surface area contributed by atoms with Crippen LogP contribution in [0.2, 0.25) is 0 Å². The molecule has 6 heteroatoms. The van der Waals surface area contributed by atoms with Crippen molar-refractivity contribution >= 4 is 27.5 Å². The standard InChI is InChI=1S/C19H24N2O3S/c1-13-11-21(12-19(24-13)7-8-23-14(19)2)18(22)20-10-16-9-15-5-3-4-6-17(15)25-16/h3-6,9,13-14H,7-8,10-12H2,1-2H3,(H,20,22). The van der Waals surface area contributed by atoms with Gasteiger partial charge in [-0.1, -0.05) is 18.2 Å². The van der Waals surface area contributed by atoms with Crippen LogP contribution in [0.25, 0.3) is 10.1 Å². The van der Waals surface area contributed by atoms with Crippen molar-refractivity contribution in [3.05, 3.63) is 35.2 Å². The second-order valence-electron chi connectivity index (χ2n) is 7.05. The molecule has 2 saturated heterocycles. The molecule has 2 aliphatic heterocycles. The first kappa shape index (κ1) is 16.8. The van der Waals surface area contributed by atoms with Crippen LogP contribution in [0.15, 0.2) is 30.3 Å². The summed E-state index contributed by atoms with van der Waals surface area (Å²) in [6.07, 6.45) is 0.889. The summed E-state index contributed by atoms with van der Waals surface area (Å²) in [6, 6.07) is 10.4. The van der Waals surface area contributed by atoms with Crippen molar-refractivity contribution in [1.29, 1.82) is 0 Å². The van der Waals surface area contributed by atoms with Crippen LogP contribution >= 0.6 is 11.3 Å². The van der Waals surface area contributed by atoms with Crippen LogP contribution in [0.3, 0.4) is 0 Å². The molecular formula is C19H24N2O3S. The van der Waals surface area contributed by atoms with E-state index in [0.29, 0.717) is 26.2 Å². The molecule has 25 heavy (non-hydrogen) atoms. The van der Waals surface area contributed by atoms with E-state index in [9.17, 15) is 4.79 Å². The lowest BCUT2D eigenvalue weighted by Gasteiger charge is -2.44. The van der Waals surface area contributed by atoms with Gasteiger partial charge in [0.05, 0.1) is 25.3 Å². The molecule has 3 atom stereocenters. The predicted octanol–water partition coefficient (Wildman–Crippen LogP) is 3.38. The van der Waals surface area contributed by atoms with Crippen molar-refractivity contribution in [2.45, 2.75) is 44.6 Å². The Bertz CT molecular complexity index is 744. The summed E-state index contributed by atoms with van der Waals surface area (Å²) < 4.78 is 13.1. The summed E-state index contributed by atoms with van der Waals surface area (Å²) in [6.45, 7) is 6.54. The number of ether oxygens (including phenoxy) is 2. The zero-order valence-corrected chi connectivity index (χ0v) is 15.5. The summed E-state index contributed by atoms with van der Waals surface area (Å²) in [4.78, 5) is 15.8. The van der Waals surface area contributed by atoms with E-state index < -0.39 is 0 Å². The number of nitrogens with zero attached hydrogens (tertiary/aromatic N) is 1.